The third-order valence-corrected chi connectivity index (χ3v) is 2.84. The number of benzene rings is 1. The number of hydrogen-bond donors (Lipinski definition) is 1. The summed E-state index contributed by atoms with van der Waals surface area (Å²) in [7, 11) is 1.55. The van der Waals surface area contributed by atoms with Crippen molar-refractivity contribution in [3.63, 3.8) is 0 Å². The van der Waals surface area contributed by atoms with Crippen LogP contribution >= 0.6 is 9.24 Å². The second-order valence-electron chi connectivity index (χ2n) is 3.98. The van der Waals surface area contributed by atoms with E-state index in [1.165, 1.54) is 25.0 Å². The highest BCUT2D eigenvalue weighted by atomic mass is 31.0. The van der Waals surface area contributed by atoms with Crippen LogP contribution in [0.5, 0.6) is 0 Å². The minimum Gasteiger partial charge on any atom is -0.310 e. The molecule has 1 aliphatic rings. The van der Waals surface area contributed by atoms with Gasteiger partial charge in [-0.05, 0) is 18.4 Å². The Bertz CT molecular complexity index is 327. The van der Waals surface area contributed by atoms with Gasteiger partial charge in [0.25, 0.3) is 5.66 Å². The molecule has 1 aromatic carbocycles. The molecule has 4 heteroatoms. The number of alkyl halides is 2. The van der Waals surface area contributed by atoms with E-state index >= 15 is 0 Å². The lowest BCUT2D eigenvalue weighted by atomic mass is 10.1. The molecule has 1 atom stereocenters. The van der Waals surface area contributed by atoms with Crippen LogP contribution in [0.4, 0.5) is 8.78 Å². The van der Waals surface area contributed by atoms with E-state index in [9.17, 15) is 8.78 Å². The largest absolute Gasteiger partial charge is 0.310 e. The molecule has 1 nitrogen and oxygen atoms in total. The number of rotatable bonds is 4. The van der Waals surface area contributed by atoms with Crippen molar-refractivity contribution in [2.45, 2.75) is 31.1 Å². The summed E-state index contributed by atoms with van der Waals surface area (Å²) < 4.78 is 25.7. The quantitative estimate of drug-likeness (QED) is 0.783. The Morgan fingerprint density at radius 2 is 1.87 bits per heavy atom. The average molecular weight is 229 g/mol. The summed E-state index contributed by atoms with van der Waals surface area (Å²) in [6.07, 6.45) is 2.48. The van der Waals surface area contributed by atoms with Gasteiger partial charge in [0.05, 0.1) is 0 Å². The molecule has 1 aromatic rings. The number of nitrogens with one attached hydrogen (secondary N) is 1. The summed E-state index contributed by atoms with van der Waals surface area (Å²) in [6, 6.07) is 7.12. The molecule has 1 saturated carbocycles. The maximum absolute atomic E-state index is 12.9. The normalized spacial score (nSPS) is 16.7. The van der Waals surface area contributed by atoms with E-state index in [0.29, 0.717) is 6.04 Å². The van der Waals surface area contributed by atoms with Gasteiger partial charge in [0.15, 0.2) is 0 Å². The maximum Gasteiger partial charge on any atom is 0.283 e. The molecule has 1 aliphatic carbocycles. The maximum atomic E-state index is 12.9. The van der Waals surface area contributed by atoms with Crippen molar-refractivity contribution in [1.29, 1.82) is 0 Å². The molecular formula is C11H14F2NP. The highest BCUT2D eigenvalue weighted by Gasteiger charge is 2.24. The third kappa shape index (κ3) is 3.22. The molecule has 1 unspecified atom stereocenters. The molecule has 0 aromatic heterocycles. The van der Waals surface area contributed by atoms with Gasteiger partial charge in [-0.2, -0.15) is 8.78 Å². The summed E-state index contributed by atoms with van der Waals surface area (Å²) in [5.41, 5.74) is -1.72. The van der Waals surface area contributed by atoms with Crippen molar-refractivity contribution in [2.75, 3.05) is 0 Å². The van der Waals surface area contributed by atoms with Crippen LogP contribution in [0.2, 0.25) is 0 Å². The highest BCUT2D eigenvalue weighted by Crippen LogP contribution is 2.34. The van der Waals surface area contributed by atoms with E-state index in [1.807, 2.05) is 0 Å². The first-order chi connectivity index (χ1) is 7.05. The predicted octanol–water partition coefficient (Wildman–Crippen LogP) is 2.86. The molecular weight excluding hydrogens is 215 g/mol. The van der Waals surface area contributed by atoms with Gasteiger partial charge in [-0.25, -0.2) is 0 Å². The van der Waals surface area contributed by atoms with Gasteiger partial charge in [0, 0.05) is 18.2 Å². The van der Waals surface area contributed by atoms with E-state index in [4.69, 9.17) is 0 Å². The van der Waals surface area contributed by atoms with Crippen LogP contribution in [0, 0.1) is 0 Å². The fourth-order valence-corrected chi connectivity index (χ4v) is 1.59. The molecule has 0 saturated heterocycles. The van der Waals surface area contributed by atoms with Crippen LogP contribution in [0.3, 0.4) is 0 Å². The molecule has 0 radical (unpaired) electrons. The van der Waals surface area contributed by atoms with Gasteiger partial charge in [-0.3, -0.25) is 0 Å². The Balaban J connectivity index is 1.96. The Hall–Kier alpha value is -0.530. The fourth-order valence-electron chi connectivity index (χ4n) is 1.39. The number of hydrogen-bond acceptors (Lipinski definition) is 1. The van der Waals surface area contributed by atoms with Crippen LogP contribution in [-0.2, 0) is 12.2 Å². The molecule has 0 aliphatic heterocycles. The van der Waals surface area contributed by atoms with Gasteiger partial charge in [-0.1, -0.05) is 33.5 Å². The van der Waals surface area contributed by atoms with E-state index in [2.05, 4.69) is 5.32 Å². The van der Waals surface area contributed by atoms with Crippen LogP contribution < -0.4 is 5.32 Å². The smallest absolute Gasteiger partial charge is 0.283 e. The number of halogens is 2. The van der Waals surface area contributed by atoms with E-state index < -0.39 is 5.66 Å². The zero-order valence-corrected chi connectivity index (χ0v) is 9.50. The molecule has 1 N–H and O–H groups in total. The lowest BCUT2D eigenvalue weighted by Crippen LogP contribution is -2.15. The van der Waals surface area contributed by atoms with Crippen molar-refractivity contribution in [3.05, 3.63) is 35.4 Å². The molecule has 15 heavy (non-hydrogen) atoms. The Labute approximate surface area is 90.5 Å². The summed E-state index contributed by atoms with van der Waals surface area (Å²) in [6.45, 7) is 0.771. The zero-order valence-electron chi connectivity index (χ0n) is 8.34. The SMILES string of the molecule is FC(F)(P)c1ccc(CNC2CC2)cc1. The first kappa shape index (κ1) is 11.0. The van der Waals surface area contributed by atoms with Gasteiger partial charge < -0.3 is 5.32 Å². The minimum atomic E-state index is -2.82. The fraction of sp³-hybridized carbons (Fsp3) is 0.455. The first-order valence-electron chi connectivity index (χ1n) is 5.05. The van der Waals surface area contributed by atoms with Crippen molar-refractivity contribution in [2.24, 2.45) is 0 Å². The predicted molar refractivity (Wildman–Crippen MR) is 59.9 cm³/mol. The molecule has 0 bridgehead atoms. The Morgan fingerprint density at radius 3 is 2.33 bits per heavy atom. The molecule has 0 spiro atoms. The van der Waals surface area contributed by atoms with Crippen molar-refractivity contribution < 1.29 is 8.78 Å². The van der Waals surface area contributed by atoms with Crippen LogP contribution in [-0.4, -0.2) is 6.04 Å². The van der Waals surface area contributed by atoms with Crippen LogP contribution in [0.15, 0.2) is 24.3 Å². The minimum absolute atomic E-state index is 0.0441. The second-order valence-corrected chi connectivity index (χ2v) is 4.70. The van der Waals surface area contributed by atoms with Gasteiger partial charge in [0.1, 0.15) is 0 Å². The summed E-state index contributed by atoms with van der Waals surface area (Å²) in [5.74, 6) is 0. The van der Waals surface area contributed by atoms with Crippen LogP contribution in [0.25, 0.3) is 0 Å². The Morgan fingerprint density at radius 1 is 1.27 bits per heavy atom. The molecule has 2 rings (SSSR count). The van der Waals surface area contributed by atoms with Crippen molar-refractivity contribution in [1.82, 2.24) is 5.32 Å². The summed E-state index contributed by atoms with van der Waals surface area (Å²) in [5, 5.41) is 3.34. The highest BCUT2D eigenvalue weighted by molar-refractivity contribution is 7.17. The zero-order chi connectivity index (χ0) is 10.9. The van der Waals surface area contributed by atoms with E-state index in [1.54, 1.807) is 21.4 Å². The summed E-state index contributed by atoms with van der Waals surface area (Å²) in [4.78, 5) is 0. The van der Waals surface area contributed by atoms with Crippen LogP contribution in [0.1, 0.15) is 24.0 Å². The second kappa shape index (κ2) is 4.15. The topological polar surface area (TPSA) is 12.0 Å². The Kier molecular flexibility index (Phi) is 3.03. The third-order valence-electron chi connectivity index (χ3n) is 2.51. The van der Waals surface area contributed by atoms with Gasteiger partial charge in [-0.15, -0.1) is 0 Å². The van der Waals surface area contributed by atoms with Gasteiger partial charge in [0.2, 0.25) is 0 Å². The molecule has 1 fully saturated rings. The van der Waals surface area contributed by atoms with Crippen molar-refractivity contribution in [3.8, 4) is 0 Å². The van der Waals surface area contributed by atoms with Crippen molar-refractivity contribution >= 4 is 9.24 Å². The van der Waals surface area contributed by atoms with E-state index in [0.717, 1.165) is 12.1 Å². The molecule has 82 valence electrons. The lowest BCUT2D eigenvalue weighted by Gasteiger charge is -2.11. The average Bonchev–Trinajstić information content (AvgIpc) is 2.97. The standard InChI is InChI=1S/C11H14F2NP/c12-11(13,15)9-3-1-8(2-4-9)7-14-10-5-6-10/h1-4,10,14H,5-7,15H2. The molecule has 0 amide bonds. The molecule has 0 heterocycles. The lowest BCUT2D eigenvalue weighted by molar-refractivity contribution is 0.104. The van der Waals surface area contributed by atoms with Gasteiger partial charge >= 0.3 is 0 Å². The van der Waals surface area contributed by atoms with E-state index in [-0.39, 0.29) is 5.56 Å². The monoisotopic (exact) mass is 229 g/mol. The summed E-state index contributed by atoms with van der Waals surface area (Å²) >= 11 is 0. The first-order valence-corrected chi connectivity index (χ1v) is 5.63.